The molecule has 7 aromatic rings. The monoisotopic (exact) mass is 886 g/mol. The molecule has 1 aliphatic rings. The van der Waals surface area contributed by atoms with Crippen LogP contribution in [0.4, 0.5) is 0 Å². The number of allylic oxidation sites excluding steroid dienone is 4. The normalized spacial score (nSPS) is 12.2. The zero-order chi connectivity index (χ0) is 35.6. The van der Waals surface area contributed by atoms with Crippen LogP contribution in [0.5, 0.6) is 0 Å². The molecule has 52 heavy (non-hydrogen) atoms. The number of aryl methyl sites for hydroxylation is 2. The molecule has 0 unspecified atom stereocenters. The van der Waals surface area contributed by atoms with Crippen LogP contribution >= 0.6 is 0 Å². The third-order valence-corrected chi connectivity index (χ3v) is 11.7. The van der Waals surface area contributed by atoms with E-state index in [2.05, 4.69) is 183 Å². The molecule has 0 fully saturated rings. The molecule has 1 aliphatic carbocycles. The molecule has 0 N–H and O–H groups in total. The van der Waals surface area contributed by atoms with Crippen molar-refractivity contribution < 1.29 is 48.7 Å². The van der Waals surface area contributed by atoms with Gasteiger partial charge in [-0.3, -0.25) is 6.08 Å². The summed E-state index contributed by atoms with van der Waals surface area (Å²) in [5.74, 6) is 0. The standard InChI is InChI=1S/C23H29.C21H14.C5H5.2ClH.Hf/c1-14-9-16-11-17-10-15(2)21(23(6,7)8)13-19(17)18(16)12-20(14)22(3,4)5;1-3-7-20-14-16(9-11-18(20)5-1)13-17-10-12-19-6-2-4-8-21(19)15-17;1-2-4-5-3-1;;;/h9-13H,1-8H3;1-12,14-15H;1-3H,4H2;2*1H;/q-1;;-1;;;+2/p-2. The first kappa shape index (κ1) is 41.3. The van der Waals surface area contributed by atoms with Gasteiger partial charge in [-0.2, -0.15) is 6.08 Å². The topological polar surface area (TPSA) is 0 Å². The molecule has 0 bridgehead atoms. The fourth-order valence-electron chi connectivity index (χ4n) is 7.15. The molecule has 0 atom stereocenters. The van der Waals surface area contributed by atoms with Gasteiger partial charge in [0.05, 0.1) is 0 Å². The van der Waals surface area contributed by atoms with Crippen molar-refractivity contribution in [2.75, 3.05) is 0 Å². The van der Waals surface area contributed by atoms with E-state index in [0.29, 0.717) is 0 Å². The van der Waals surface area contributed by atoms with Crippen LogP contribution in [0.15, 0.2) is 133 Å². The second kappa shape index (κ2) is 17.1. The second-order valence-corrected chi connectivity index (χ2v) is 17.5. The van der Waals surface area contributed by atoms with Crippen LogP contribution in [0.3, 0.4) is 0 Å². The first-order valence-corrected chi connectivity index (χ1v) is 19.5. The fraction of sp³-hybridized carbons (Fsp3) is 0.224. The third kappa shape index (κ3) is 9.35. The van der Waals surface area contributed by atoms with Gasteiger partial charge in [-0.1, -0.05) is 75.9 Å². The predicted molar refractivity (Wildman–Crippen MR) is 217 cm³/mol. The second-order valence-electron chi connectivity index (χ2n) is 15.7. The van der Waals surface area contributed by atoms with Gasteiger partial charge in [0.25, 0.3) is 0 Å². The van der Waals surface area contributed by atoms with Gasteiger partial charge < -0.3 is 24.8 Å². The van der Waals surface area contributed by atoms with Crippen molar-refractivity contribution in [2.45, 2.75) is 72.6 Å². The van der Waals surface area contributed by atoms with E-state index >= 15 is 0 Å². The summed E-state index contributed by atoms with van der Waals surface area (Å²) in [7, 11) is 0. The number of hydrogen-bond donors (Lipinski definition) is 0. The van der Waals surface area contributed by atoms with E-state index in [1.807, 2.05) is 12.2 Å². The Balaban J connectivity index is 0.000000198. The number of benzene rings is 6. The molecular weight excluding hydrogens is 838 g/mol. The maximum absolute atomic E-state index is 2.99. The summed E-state index contributed by atoms with van der Waals surface area (Å²) in [5, 5.41) is 10.8. The Morgan fingerprint density at radius 1 is 0.577 bits per heavy atom. The van der Waals surface area contributed by atoms with Gasteiger partial charge in [0.15, 0.2) is 0 Å². The summed E-state index contributed by atoms with van der Waals surface area (Å²) >= 11 is 1.03. The van der Waals surface area contributed by atoms with E-state index in [1.54, 1.807) is 0 Å². The van der Waals surface area contributed by atoms with Gasteiger partial charge in [-0.15, -0.1) is 46.2 Å². The number of fused-ring (bicyclic) bond motifs is 5. The van der Waals surface area contributed by atoms with Crippen molar-refractivity contribution in [1.82, 2.24) is 0 Å². The van der Waals surface area contributed by atoms with Crippen molar-refractivity contribution in [2.24, 2.45) is 0 Å². The van der Waals surface area contributed by atoms with Gasteiger partial charge >= 0.3 is 145 Å². The first-order valence-electron chi connectivity index (χ1n) is 17.7. The van der Waals surface area contributed by atoms with E-state index in [4.69, 9.17) is 0 Å². The zero-order valence-corrected chi connectivity index (χ0v) is 36.8. The third-order valence-electron chi connectivity index (χ3n) is 9.67. The van der Waals surface area contributed by atoms with Crippen molar-refractivity contribution in [3.8, 4) is 0 Å². The molecule has 0 radical (unpaired) electrons. The SMILES string of the molecule is Cc1cc2[cH-]c3cc(C)c(C(C)(C)C)cc3c2cc1C(C)(C)C.[C-]1=CC=CC1.[Cl-].[Cl-].[Hf+2]=[C](c1ccc2ccccc2c1)c1ccc2ccccc2c1. The van der Waals surface area contributed by atoms with Crippen molar-refractivity contribution in [3.63, 3.8) is 0 Å². The van der Waals surface area contributed by atoms with E-state index in [-0.39, 0.29) is 35.6 Å². The number of rotatable bonds is 2. The molecular formula is C49H48Cl2Hf-2. The first-order chi connectivity index (χ1) is 23.8. The molecule has 3 heteroatoms. The zero-order valence-electron chi connectivity index (χ0n) is 31.7. The van der Waals surface area contributed by atoms with E-state index in [0.717, 1.165) is 30.3 Å². The summed E-state index contributed by atoms with van der Waals surface area (Å²) in [4.78, 5) is 0. The summed E-state index contributed by atoms with van der Waals surface area (Å²) < 4.78 is 1.46. The van der Waals surface area contributed by atoms with Gasteiger partial charge in [-0.05, 0) is 24.7 Å². The van der Waals surface area contributed by atoms with Gasteiger partial charge in [0, 0.05) is 0 Å². The van der Waals surface area contributed by atoms with E-state index in [9.17, 15) is 0 Å². The molecule has 0 spiro atoms. The Labute approximate surface area is 338 Å². The van der Waals surface area contributed by atoms with Crippen LogP contribution in [0.25, 0.3) is 43.1 Å². The van der Waals surface area contributed by atoms with E-state index in [1.165, 1.54) is 79.7 Å². The average Bonchev–Trinajstić information content (AvgIpc) is 3.78. The van der Waals surface area contributed by atoms with Gasteiger partial charge in [0.1, 0.15) is 0 Å². The van der Waals surface area contributed by atoms with Crippen LogP contribution in [0.1, 0.15) is 81.3 Å². The molecule has 0 heterocycles. The molecule has 0 nitrogen and oxygen atoms in total. The Morgan fingerprint density at radius 3 is 1.35 bits per heavy atom. The Kier molecular flexibility index (Phi) is 13.6. The van der Waals surface area contributed by atoms with Crippen LogP contribution < -0.4 is 24.8 Å². The molecule has 264 valence electrons. The van der Waals surface area contributed by atoms with Crippen LogP contribution in [-0.4, -0.2) is 3.26 Å². The molecule has 8 rings (SSSR count). The van der Waals surface area contributed by atoms with Crippen molar-refractivity contribution in [3.05, 3.63) is 173 Å². The van der Waals surface area contributed by atoms with Crippen LogP contribution in [-0.2, 0) is 34.7 Å². The minimum absolute atomic E-state index is 0. The maximum atomic E-state index is 2.99. The summed E-state index contributed by atoms with van der Waals surface area (Å²) in [6.45, 7) is 18.3. The molecule has 0 aliphatic heterocycles. The van der Waals surface area contributed by atoms with Gasteiger partial charge in [0.2, 0.25) is 0 Å². The number of halogens is 2. The Bertz CT molecular complexity index is 2240. The molecule has 0 aromatic heterocycles. The molecule has 7 aromatic carbocycles. The number of hydrogen-bond acceptors (Lipinski definition) is 0. The molecule has 0 amide bonds. The van der Waals surface area contributed by atoms with Crippen LogP contribution in [0, 0.1) is 19.9 Å². The van der Waals surface area contributed by atoms with Gasteiger partial charge in [-0.25, -0.2) is 12.2 Å². The van der Waals surface area contributed by atoms with Crippen molar-refractivity contribution >= 4 is 46.3 Å². The van der Waals surface area contributed by atoms with Crippen LogP contribution in [0.2, 0.25) is 0 Å². The minimum atomic E-state index is 0. The summed E-state index contributed by atoms with van der Waals surface area (Å²) in [6.07, 6.45) is 10.0. The van der Waals surface area contributed by atoms with E-state index < -0.39 is 0 Å². The summed E-state index contributed by atoms with van der Waals surface area (Å²) in [6, 6.07) is 42.6. The molecule has 0 saturated heterocycles. The average molecular weight is 886 g/mol. The summed E-state index contributed by atoms with van der Waals surface area (Å²) in [5.41, 5.74) is 8.76. The van der Waals surface area contributed by atoms with Crippen molar-refractivity contribution in [1.29, 1.82) is 0 Å². The fourth-order valence-corrected chi connectivity index (χ4v) is 8.26. The Morgan fingerprint density at radius 2 is 1.00 bits per heavy atom. The Hall–Kier alpha value is -3.49. The quantitative estimate of drug-likeness (QED) is 0.126. The predicted octanol–water partition coefficient (Wildman–Crippen LogP) is 7.35. The molecule has 0 saturated carbocycles.